The maximum Gasteiger partial charge on any atom is 0.244 e. The lowest BCUT2D eigenvalue weighted by atomic mass is 10.0. The number of rotatable bonds is 39. The van der Waals surface area contributed by atoms with Crippen molar-refractivity contribution < 1.29 is 30.0 Å². The first kappa shape index (κ1) is 47.7. The zero-order valence-electron chi connectivity index (χ0n) is 32.0. The average Bonchev–Trinajstić information content (AvgIpc) is 3.11. The summed E-state index contributed by atoms with van der Waals surface area (Å²) in [5.41, 5.74) is 0. The summed E-state index contributed by atoms with van der Waals surface area (Å²) in [6, 6.07) is -1.37. The predicted molar refractivity (Wildman–Crippen MR) is 206 cm³/mol. The van der Waals surface area contributed by atoms with Crippen molar-refractivity contribution >= 4 is 12.2 Å². The molecule has 0 heterocycles. The fraction of sp³-hybridized carbons (Fsp3) is 0.905. The summed E-state index contributed by atoms with van der Waals surface area (Å²) >= 11 is 0. The number of aliphatic hydroxyl groups excluding tert-OH is 4. The van der Waals surface area contributed by atoms with E-state index in [9.17, 15) is 24.9 Å². The summed E-state index contributed by atoms with van der Waals surface area (Å²) in [6.07, 6.45) is 42.0. The largest absolute Gasteiger partial charge is 0.394 e. The van der Waals surface area contributed by atoms with Crippen molar-refractivity contribution in [3.63, 3.8) is 0 Å². The Bertz CT molecular complexity index is 732. The Morgan fingerprint density at radius 3 is 1.10 bits per heavy atom. The highest BCUT2D eigenvalue weighted by Gasteiger charge is 2.31. The van der Waals surface area contributed by atoms with Gasteiger partial charge in [0.25, 0.3) is 0 Å². The van der Waals surface area contributed by atoms with Crippen molar-refractivity contribution in [3.8, 4) is 0 Å². The molecule has 0 radical (unpaired) electrons. The molecular weight excluding hydrogens is 614 g/mol. The summed E-state index contributed by atoms with van der Waals surface area (Å²) in [4.78, 5) is 23.2. The molecule has 0 fully saturated rings. The van der Waals surface area contributed by atoms with E-state index >= 15 is 0 Å². The SMILES string of the molecule is CCCCCCCCCCCCCCCCCCCCCCCCCCCCCCCCCC=CC(=O)N[C@@H](C=O)[C@@H](O)[C@H](O)[C@H](O)CO. The second-order valence-electron chi connectivity index (χ2n) is 14.7. The molecule has 0 aliphatic rings. The highest BCUT2D eigenvalue weighted by atomic mass is 16.4. The molecule has 0 rings (SSSR count). The summed E-state index contributed by atoms with van der Waals surface area (Å²) < 4.78 is 0. The quantitative estimate of drug-likeness (QED) is 0.0248. The predicted octanol–water partition coefficient (Wildman–Crippen LogP) is 9.80. The number of hydrogen-bond acceptors (Lipinski definition) is 6. The molecule has 1 amide bonds. The minimum atomic E-state index is -1.74. The van der Waals surface area contributed by atoms with Crippen LogP contribution in [0.5, 0.6) is 0 Å². The second-order valence-corrected chi connectivity index (χ2v) is 14.7. The summed E-state index contributed by atoms with van der Waals surface area (Å²) in [7, 11) is 0. The minimum Gasteiger partial charge on any atom is -0.394 e. The van der Waals surface area contributed by atoms with E-state index in [2.05, 4.69) is 12.2 Å². The Morgan fingerprint density at radius 2 is 0.816 bits per heavy atom. The van der Waals surface area contributed by atoms with Gasteiger partial charge in [0.1, 0.15) is 30.6 Å². The van der Waals surface area contributed by atoms with Gasteiger partial charge in [0.2, 0.25) is 5.91 Å². The molecule has 0 aliphatic heterocycles. The van der Waals surface area contributed by atoms with E-state index in [-0.39, 0.29) is 0 Å². The van der Waals surface area contributed by atoms with Crippen LogP contribution >= 0.6 is 0 Å². The van der Waals surface area contributed by atoms with Gasteiger partial charge in [-0.15, -0.1) is 0 Å². The van der Waals surface area contributed by atoms with Crippen LogP contribution in [-0.2, 0) is 9.59 Å². The Hall–Kier alpha value is -1.28. The standard InChI is InChI=1S/C42H81NO6/c1-2-3-4-5-6-7-8-9-10-11-12-13-14-15-16-17-18-19-20-21-22-23-24-25-26-27-28-29-30-31-32-33-34-35-40(47)43-38(36-44)41(48)42(49)39(46)37-45/h34-36,38-39,41-42,45-46,48-49H,2-33,37H2,1H3,(H,43,47)/t38-,39+,41+,42+/m0/s1. The van der Waals surface area contributed by atoms with Crippen molar-refractivity contribution in [2.24, 2.45) is 0 Å². The van der Waals surface area contributed by atoms with E-state index in [1.807, 2.05) is 0 Å². The van der Waals surface area contributed by atoms with E-state index in [0.717, 1.165) is 19.3 Å². The Balaban J connectivity index is 3.34. The molecule has 0 aliphatic carbocycles. The molecule has 0 saturated carbocycles. The van der Waals surface area contributed by atoms with E-state index in [4.69, 9.17) is 5.11 Å². The Morgan fingerprint density at radius 1 is 0.510 bits per heavy atom. The van der Waals surface area contributed by atoms with Gasteiger partial charge < -0.3 is 30.5 Å². The lowest BCUT2D eigenvalue weighted by molar-refractivity contribution is -0.128. The van der Waals surface area contributed by atoms with Crippen molar-refractivity contribution in [2.45, 2.75) is 237 Å². The summed E-state index contributed by atoms with van der Waals surface area (Å²) in [6.45, 7) is 1.53. The van der Waals surface area contributed by atoms with Crippen LogP contribution in [0.2, 0.25) is 0 Å². The number of nitrogens with one attached hydrogen (secondary N) is 1. The molecule has 5 N–H and O–H groups in total. The zero-order valence-corrected chi connectivity index (χ0v) is 32.0. The monoisotopic (exact) mass is 696 g/mol. The molecule has 0 unspecified atom stereocenters. The molecule has 290 valence electrons. The molecule has 0 aromatic heterocycles. The molecule has 0 spiro atoms. The number of carbonyl (C=O) groups is 2. The number of aldehydes is 1. The van der Waals surface area contributed by atoms with E-state index < -0.39 is 36.9 Å². The second kappa shape index (κ2) is 38.0. The van der Waals surface area contributed by atoms with Gasteiger partial charge in [-0.1, -0.05) is 206 Å². The van der Waals surface area contributed by atoms with Crippen molar-refractivity contribution in [1.29, 1.82) is 0 Å². The highest BCUT2D eigenvalue weighted by Crippen LogP contribution is 2.17. The van der Waals surface area contributed by atoms with E-state index in [1.54, 1.807) is 6.08 Å². The average molecular weight is 696 g/mol. The molecule has 0 aromatic carbocycles. The minimum absolute atomic E-state index is 0.299. The van der Waals surface area contributed by atoms with Crippen LogP contribution in [0.4, 0.5) is 0 Å². The summed E-state index contributed by atoms with van der Waals surface area (Å²) in [5.74, 6) is -0.553. The van der Waals surface area contributed by atoms with Gasteiger partial charge in [-0.3, -0.25) is 4.79 Å². The molecule has 49 heavy (non-hydrogen) atoms. The number of aliphatic hydroxyl groups is 4. The van der Waals surface area contributed by atoms with Crippen LogP contribution < -0.4 is 5.32 Å². The van der Waals surface area contributed by atoms with Crippen LogP contribution in [0, 0.1) is 0 Å². The first-order chi connectivity index (χ1) is 24.0. The number of unbranched alkanes of at least 4 members (excludes halogenated alkanes) is 31. The number of allylic oxidation sites excluding steroid dienone is 1. The van der Waals surface area contributed by atoms with Crippen LogP contribution in [-0.4, -0.2) is 63.6 Å². The van der Waals surface area contributed by atoms with Gasteiger partial charge in [0.05, 0.1) is 6.61 Å². The van der Waals surface area contributed by atoms with E-state index in [1.165, 1.54) is 192 Å². The molecule has 0 bridgehead atoms. The lowest BCUT2D eigenvalue weighted by Gasteiger charge is -2.25. The summed E-state index contributed by atoms with van der Waals surface area (Å²) in [5, 5.41) is 40.2. The van der Waals surface area contributed by atoms with Crippen LogP contribution in [0.25, 0.3) is 0 Å². The van der Waals surface area contributed by atoms with Gasteiger partial charge in [-0.2, -0.15) is 0 Å². The lowest BCUT2D eigenvalue weighted by Crippen LogP contribution is -2.53. The highest BCUT2D eigenvalue weighted by molar-refractivity contribution is 5.89. The maximum atomic E-state index is 12.0. The fourth-order valence-electron chi connectivity index (χ4n) is 6.61. The first-order valence-electron chi connectivity index (χ1n) is 21.0. The van der Waals surface area contributed by atoms with Gasteiger partial charge in [0.15, 0.2) is 0 Å². The van der Waals surface area contributed by atoms with Crippen molar-refractivity contribution in [1.82, 2.24) is 5.32 Å². The molecule has 4 atom stereocenters. The van der Waals surface area contributed by atoms with Crippen LogP contribution in [0.1, 0.15) is 212 Å². The molecule has 0 aromatic rings. The van der Waals surface area contributed by atoms with E-state index in [0.29, 0.717) is 6.29 Å². The van der Waals surface area contributed by atoms with Crippen molar-refractivity contribution in [3.05, 3.63) is 12.2 Å². The molecular formula is C42H81NO6. The van der Waals surface area contributed by atoms with Crippen LogP contribution in [0.15, 0.2) is 12.2 Å². The number of hydrogen-bond donors (Lipinski definition) is 5. The smallest absolute Gasteiger partial charge is 0.244 e. The Labute approximate surface area is 302 Å². The van der Waals surface area contributed by atoms with Gasteiger partial charge in [0, 0.05) is 0 Å². The first-order valence-corrected chi connectivity index (χ1v) is 21.0. The third-order valence-corrected chi connectivity index (χ3v) is 10.00. The number of amides is 1. The van der Waals surface area contributed by atoms with Crippen molar-refractivity contribution in [2.75, 3.05) is 6.61 Å². The van der Waals surface area contributed by atoms with Gasteiger partial charge in [-0.25, -0.2) is 0 Å². The fourth-order valence-corrected chi connectivity index (χ4v) is 6.61. The Kier molecular flexibility index (Phi) is 37.0. The van der Waals surface area contributed by atoms with Crippen LogP contribution in [0.3, 0.4) is 0 Å². The molecule has 7 nitrogen and oxygen atoms in total. The normalized spacial score (nSPS) is 14.2. The van der Waals surface area contributed by atoms with Gasteiger partial charge >= 0.3 is 0 Å². The third-order valence-electron chi connectivity index (χ3n) is 10.00. The zero-order chi connectivity index (χ0) is 36.0. The third kappa shape index (κ3) is 32.4. The topological polar surface area (TPSA) is 127 Å². The number of carbonyl (C=O) groups excluding carboxylic acids is 2. The molecule has 7 heteroatoms. The van der Waals surface area contributed by atoms with Gasteiger partial charge in [-0.05, 0) is 18.9 Å². The maximum absolute atomic E-state index is 12.0. The molecule has 0 saturated heterocycles.